The maximum absolute atomic E-state index is 12.0. The Hall–Kier alpha value is -1.26. The number of hydrogen-bond acceptors (Lipinski definition) is 3. The second kappa shape index (κ2) is 7.24. The maximum Gasteiger partial charge on any atom is 0.325 e. The van der Waals surface area contributed by atoms with E-state index in [0.29, 0.717) is 18.6 Å². The average Bonchev–Trinajstić information content (AvgIpc) is 3.11. The summed E-state index contributed by atoms with van der Waals surface area (Å²) in [4.78, 5) is 25.0. The van der Waals surface area contributed by atoms with Crippen LogP contribution in [-0.2, 0) is 9.53 Å². The predicted molar refractivity (Wildman–Crippen MR) is 69.2 cm³/mol. The van der Waals surface area contributed by atoms with Gasteiger partial charge in [0.15, 0.2) is 0 Å². The van der Waals surface area contributed by atoms with E-state index in [2.05, 4.69) is 19.2 Å². The fourth-order valence-corrected chi connectivity index (χ4v) is 1.69. The largest absolute Gasteiger partial charge is 0.465 e. The Morgan fingerprint density at radius 1 is 1.39 bits per heavy atom. The van der Waals surface area contributed by atoms with Crippen molar-refractivity contribution in [3.05, 3.63) is 0 Å². The van der Waals surface area contributed by atoms with Gasteiger partial charge in [0.2, 0.25) is 0 Å². The van der Waals surface area contributed by atoms with Crippen LogP contribution in [0.2, 0.25) is 0 Å². The number of carbonyl (C=O) groups excluding carboxylic acids is 2. The quantitative estimate of drug-likeness (QED) is 0.706. The third-order valence-corrected chi connectivity index (χ3v) is 2.89. The van der Waals surface area contributed by atoms with Crippen molar-refractivity contribution in [3.8, 4) is 0 Å². The van der Waals surface area contributed by atoms with Gasteiger partial charge in [-0.2, -0.15) is 0 Å². The number of esters is 1. The van der Waals surface area contributed by atoms with Gasteiger partial charge in [0.05, 0.1) is 6.61 Å². The standard InChI is InChI=1S/C13H24N2O3/c1-4-18-12(16)9-14-13(17)15(11-5-6-11)8-7-10(2)3/h10-11H,4-9H2,1-3H3,(H,14,17). The van der Waals surface area contributed by atoms with Crippen LogP contribution < -0.4 is 5.32 Å². The highest BCUT2D eigenvalue weighted by molar-refractivity contribution is 5.81. The average molecular weight is 256 g/mol. The second-order valence-electron chi connectivity index (χ2n) is 5.07. The minimum Gasteiger partial charge on any atom is -0.465 e. The molecule has 0 heterocycles. The summed E-state index contributed by atoms with van der Waals surface area (Å²) in [5.41, 5.74) is 0. The molecule has 1 saturated carbocycles. The van der Waals surface area contributed by atoms with Gasteiger partial charge in [-0.1, -0.05) is 13.8 Å². The number of ether oxygens (including phenoxy) is 1. The van der Waals surface area contributed by atoms with Gasteiger partial charge in [-0.25, -0.2) is 4.79 Å². The summed E-state index contributed by atoms with van der Waals surface area (Å²) in [6.45, 7) is 7.09. The summed E-state index contributed by atoms with van der Waals surface area (Å²) >= 11 is 0. The molecule has 0 aromatic rings. The van der Waals surface area contributed by atoms with Crippen molar-refractivity contribution >= 4 is 12.0 Å². The van der Waals surface area contributed by atoms with Crippen molar-refractivity contribution in [1.29, 1.82) is 0 Å². The van der Waals surface area contributed by atoms with Crippen LogP contribution in [0.25, 0.3) is 0 Å². The van der Waals surface area contributed by atoms with Crippen LogP contribution in [-0.4, -0.2) is 42.6 Å². The Kier molecular flexibility index (Phi) is 5.95. The molecule has 1 N–H and O–H groups in total. The van der Waals surface area contributed by atoms with Crippen LogP contribution in [0.3, 0.4) is 0 Å². The summed E-state index contributed by atoms with van der Waals surface area (Å²) in [5, 5.41) is 2.62. The Labute approximate surface area is 109 Å². The summed E-state index contributed by atoms with van der Waals surface area (Å²) in [7, 11) is 0. The summed E-state index contributed by atoms with van der Waals surface area (Å²) in [5.74, 6) is 0.189. The third-order valence-electron chi connectivity index (χ3n) is 2.89. The minimum atomic E-state index is -0.384. The fraction of sp³-hybridized carbons (Fsp3) is 0.846. The van der Waals surface area contributed by atoms with Gasteiger partial charge >= 0.3 is 12.0 Å². The van der Waals surface area contributed by atoms with Gasteiger partial charge in [-0.3, -0.25) is 4.79 Å². The first kappa shape index (κ1) is 14.8. The van der Waals surface area contributed by atoms with Gasteiger partial charge in [0.1, 0.15) is 6.54 Å². The highest BCUT2D eigenvalue weighted by Crippen LogP contribution is 2.27. The first-order chi connectivity index (χ1) is 8.54. The van der Waals surface area contributed by atoms with Gasteiger partial charge in [0, 0.05) is 12.6 Å². The Bertz CT molecular complexity index is 288. The summed E-state index contributed by atoms with van der Waals surface area (Å²) < 4.78 is 4.77. The van der Waals surface area contributed by atoms with E-state index in [4.69, 9.17) is 4.74 Å². The molecule has 0 aromatic heterocycles. The monoisotopic (exact) mass is 256 g/mol. The van der Waals surface area contributed by atoms with Crippen molar-refractivity contribution in [2.45, 2.75) is 46.1 Å². The van der Waals surface area contributed by atoms with E-state index in [9.17, 15) is 9.59 Å². The minimum absolute atomic E-state index is 0.0441. The van der Waals surface area contributed by atoms with Crippen molar-refractivity contribution < 1.29 is 14.3 Å². The molecule has 104 valence electrons. The van der Waals surface area contributed by atoms with Gasteiger partial charge in [-0.05, 0) is 32.1 Å². The molecule has 1 aliphatic rings. The molecule has 0 atom stereocenters. The molecule has 0 bridgehead atoms. The first-order valence-electron chi connectivity index (χ1n) is 6.74. The zero-order valence-corrected chi connectivity index (χ0v) is 11.6. The van der Waals surface area contributed by atoms with E-state index < -0.39 is 0 Å². The van der Waals surface area contributed by atoms with Crippen molar-refractivity contribution in [1.82, 2.24) is 10.2 Å². The first-order valence-corrected chi connectivity index (χ1v) is 6.74. The molecule has 5 nitrogen and oxygen atoms in total. The zero-order valence-electron chi connectivity index (χ0n) is 11.6. The van der Waals surface area contributed by atoms with E-state index >= 15 is 0 Å². The summed E-state index contributed by atoms with van der Waals surface area (Å²) in [6.07, 6.45) is 3.14. The lowest BCUT2D eigenvalue weighted by Crippen LogP contribution is -2.44. The molecule has 0 saturated heterocycles. The predicted octanol–water partition coefficient (Wildman–Crippen LogP) is 1.77. The molecule has 18 heavy (non-hydrogen) atoms. The van der Waals surface area contributed by atoms with Crippen LogP contribution >= 0.6 is 0 Å². The van der Waals surface area contributed by atoms with Crippen molar-refractivity contribution in [2.75, 3.05) is 19.7 Å². The maximum atomic E-state index is 12.0. The molecule has 0 radical (unpaired) electrons. The van der Waals surface area contributed by atoms with Gasteiger partial charge in [0.25, 0.3) is 0 Å². The lowest BCUT2D eigenvalue weighted by atomic mass is 10.1. The number of rotatable bonds is 7. The van der Waals surface area contributed by atoms with Crippen LogP contribution in [0.5, 0.6) is 0 Å². The third kappa shape index (κ3) is 5.38. The number of nitrogens with zero attached hydrogens (tertiary/aromatic N) is 1. The highest BCUT2D eigenvalue weighted by atomic mass is 16.5. The number of urea groups is 1. The van der Waals surface area contributed by atoms with E-state index in [1.165, 1.54) is 0 Å². The van der Waals surface area contributed by atoms with Crippen LogP contribution in [0, 0.1) is 5.92 Å². The molecule has 0 aliphatic heterocycles. The van der Waals surface area contributed by atoms with E-state index in [0.717, 1.165) is 25.8 Å². The summed E-state index contributed by atoms with van der Waals surface area (Å²) in [6, 6.07) is 0.220. The Morgan fingerprint density at radius 3 is 2.56 bits per heavy atom. The normalized spacial score (nSPS) is 14.4. The molecule has 0 unspecified atom stereocenters. The van der Waals surface area contributed by atoms with Crippen LogP contribution in [0.15, 0.2) is 0 Å². The van der Waals surface area contributed by atoms with Gasteiger partial charge in [-0.15, -0.1) is 0 Å². The lowest BCUT2D eigenvalue weighted by molar-refractivity contribution is -0.141. The molecule has 5 heteroatoms. The van der Waals surface area contributed by atoms with Gasteiger partial charge < -0.3 is 15.0 Å². The SMILES string of the molecule is CCOC(=O)CNC(=O)N(CCC(C)C)C1CC1. The topological polar surface area (TPSA) is 58.6 Å². The smallest absolute Gasteiger partial charge is 0.325 e. The molecular weight excluding hydrogens is 232 g/mol. The number of hydrogen-bond donors (Lipinski definition) is 1. The van der Waals surface area contributed by atoms with Crippen molar-refractivity contribution in [3.63, 3.8) is 0 Å². The molecule has 2 amide bonds. The number of nitrogens with one attached hydrogen (secondary N) is 1. The Balaban J connectivity index is 2.33. The molecular formula is C13H24N2O3. The molecule has 1 rings (SSSR count). The second-order valence-corrected chi connectivity index (χ2v) is 5.07. The Morgan fingerprint density at radius 2 is 2.06 bits per heavy atom. The molecule has 0 aromatic carbocycles. The molecule has 1 aliphatic carbocycles. The van der Waals surface area contributed by atoms with E-state index in [1.54, 1.807) is 6.92 Å². The zero-order chi connectivity index (χ0) is 13.5. The number of carbonyl (C=O) groups is 2. The highest BCUT2D eigenvalue weighted by Gasteiger charge is 2.32. The fourth-order valence-electron chi connectivity index (χ4n) is 1.69. The van der Waals surface area contributed by atoms with Crippen molar-refractivity contribution in [2.24, 2.45) is 5.92 Å². The van der Waals surface area contributed by atoms with Crippen LogP contribution in [0.1, 0.15) is 40.0 Å². The van der Waals surface area contributed by atoms with E-state index in [-0.39, 0.29) is 18.5 Å². The molecule has 0 spiro atoms. The lowest BCUT2D eigenvalue weighted by Gasteiger charge is -2.23. The molecule has 1 fully saturated rings. The van der Waals surface area contributed by atoms with Crippen LogP contribution in [0.4, 0.5) is 4.79 Å². The number of amides is 2. The van der Waals surface area contributed by atoms with E-state index in [1.807, 2.05) is 4.90 Å².